The zero-order valence-electron chi connectivity index (χ0n) is 12.8. The molecular formula is C14H22N5O2. The van der Waals surface area contributed by atoms with Crippen molar-refractivity contribution in [3.63, 3.8) is 0 Å². The Balaban J connectivity index is 1.89. The summed E-state index contributed by atoms with van der Waals surface area (Å²) in [6, 6.07) is 1.47. The van der Waals surface area contributed by atoms with Gasteiger partial charge in [-0.05, 0) is 5.92 Å². The van der Waals surface area contributed by atoms with E-state index in [-0.39, 0.29) is 11.9 Å². The number of nitrogens with one attached hydrogen (secondary N) is 1. The second-order valence-electron chi connectivity index (χ2n) is 5.58. The van der Waals surface area contributed by atoms with Crippen molar-refractivity contribution in [1.82, 2.24) is 19.6 Å². The van der Waals surface area contributed by atoms with Gasteiger partial charge in [0.2, 0.25) is 5.91 Å². The summed E-state index contributed by atoms with van der Waals surface area (Å²) in [6.45, 7) is 9.76. The third kappa shape index (κ3) is 4.29. The lowest BCUT2D eigenvalue weighted by Gasteiger charge is -2.35. The lowest BCUT2D eigenvalue weighted by molar-refractivity contribution is -0.114. The normalized spacial score (nSPS) is 16.3. The first-order valence-corrected chi connectivity index (χ1v) is 7.09. The van der Waals surface area contributed by atoms with Gasteiger partial charge in [0.1, 0.15) is 0 Å². The van der Waals surface area contributed by atoms with E-state index in [1.165, 1.54) is 17.5 Å². The second kappa shape index (κ2) is 6.71. The number of anilines is 1. The van der Waals surface area contributed by atoms with Gasteiger partial charge < -0.3 is 10.2 Å². The SMILES string of the molecule is C[C](C)CN1CCN(C(=O)n2ccc(NC(C)=O)n2)CC1. The molecule has 1 N–H and O–H groups in total. The zero-order chi connectivity index (χ0) is 15.4. The summed E-state index contributed by atoms with van der Waals surface area (Å²) in [5, 5.41) is 6.63. The third-order valence-corrected chi connectivity index (χ3v) is 3.27. The highest BCUT2D eigenvalue weighted by Gasteiger charge is 2.23. The Bertz CT molecular complexity index is 503. The molecule has 0 aliphatic carbocycles. The summed E-state index contributed by atoms with van der Waals surface area (Å²) < 4.78 is 1.28. The zero-order valence-corrected chi connectivity index (χ0v) is 12.8. The number of amides is 2. The molecule has 1 aliphatic rings. The van der Waals surface area contributed by atoms with Crippen LogP contribution in [0.4, 0.5) is 10.6 Å². The number of rotatable bonds is 3. The molecule has 2 rings (SSSR count). The number of piperazine rings is 1. The highest BCUT2D eigenvalue weighted by molar-refractivity contribution is 5.87. The fraction of sp³-hybridized carbons (Fsp3) is 0.571. The van der Waals surface area contributed by atoms with Gasteiger partial charge in [-0.25, -0.2) is 4.79 Å². The van der Waals surface area contributed by atoms with Crippen LogP contribution in [0.2, 0.25) is 0 Å². The van der Waals surface area contributed by atoms with Crippen LogP contribution < -0.4 is 5.32 Å². The van der Waals surface area contributed by atoms with Gasteiger partial charge in [-0.3, -0.25) is 9.69 Å². The van der Waals surface area contributed by atoms with Crippen LogP contribution in [-0.4, -0.2) is 64.2 Å². The summed E-state index contributed by atoms with van der Waals surface area (Å²) in [4.78, 5) is 27.4. The van der Waals surface area contributed by atoms with Crippen LogP contribution in [0.5, 0.6) is 0 Å². The second-order valence-corrected chi connectivity index (χ2v) is 5.58. The quantitative estimate of drug-likeness (QED) is 0.903. The van der Waals surface area contributed by atoms with Crippen molar-refractivity contribution in [2.75, 3.05) is 38.0 Å². The molecule has 0 saturated carbocycles. The van der Waals surface area contributed by atoms with Crippen LogP contribution in [0.25, 0.3) is 0 Å². The maximum Gasteiger partial charge on any atom is 0.344 e. The molecule has 115 valence electrons. The van der Waals surface area contributed by atoms with Crippen molar-refractivity contribution < 1.29 is 9.59 Å². The molecular weight excluding hydrogens is 270 g/mol. The maximum absolute atomic E-state index is 12.3. The first kappa shape index (κ1) is 15.5. The van der Waals surface area contributed by atoms with Crippen molar-refractivity contribution in [3.05, 3.63) is 18.2 Å². The smallest absolute Gasteiger partial charge is 0.320 e. The number of carbonyl (C=O) groups excluding carboxylic acids is 2. The molecule has 0 spiro atoms. The average Bonchev–Trinajstić information content (AvgIpc) is 2.85. The first-order valence-electron chi connectivity index (χ1n) is 7.09. The van der Waals surface area contributed by atoms with Crippen molar-refractivity contribution >= 4 is 17.8 Å². The molecule has 21 heavy (non-hydrogen) atoms. The van der Waals surface area contributed by atoms with Gasteiger partial charge in [-0.1, -0.05) is 13.8 Å². The Kier molecular flexibility index (Phi) is 4.95. The summed E-state index contributed by atoms with van der Waals surface area (Å²) in [5.74, 6) is 1.57. The van der Waals surface area contributed by atoms with E-state index in [0.29, 0.717) is 18.9 Å². The summed E-state index contributed by atoms with van der Waals surface area (Å²) in [6.07, 6.45) is 1.57. The number of aromatic nitrogens is 2. The third-order valence-electron chi connectivity index (χ3n) is 3.27. The van der Waals surface area contributed by atoms with Crippen LogP contribution in [0.15, 0.2) is 12.3 Å². The van der Waals surface area contributed by atoms with Gasteiger partial charge in [0, 0.05) is 51.9 Å². The van der Waals surface area contributed by atoms with Crippen molar-refractivity contribution in [2.24, 2.45) is 0 Å². The summed E-state index contributed by atoms with van der Waals surface area (Å²) in [5.41, 5.74) is 0. The van der Waals surface area contributed by atoms with E-state index in [2.05, 4.69) is 29.2 Å². The van der Waals surface area contributed by atoms with E-state index < -0.39 is 0 Å². The largest absolute Gasteiger partial charge is 0.344 e. The fourth-order valence-electron chi connectivity index (χ4n) is 2.37. The van der Waals surface area contributed by atoms with E-state index >= 15 is 0 Å². The highest BCUT2D eigenvalue weighted by atomic mass is 16.2. The number of hydrogen-bond donors (Lipinski definition) is 1. The molecule has 2 heterocycles. The Morgan fingerprint density at radius 3 is 2.43 bits per heavy atom. The predicted octanol–water partition coefficient (Wildman–Crippen LogP) is 1.04. The molecule has 1 aromatic rings. The topological polar surface area (TPSA) is 70.5 Å². The molecule has 1 radical (unpaired) electrons. The molecule has 0 atom stereocenters. The minimum absolute atomic E-state index is 0.150. The van der Waals surface area contributed by atoms with Crippen LogP contribution in [0, 0.1) is 5.92 Å². The molecule has 2 amide bonds. The van der Waals surface area contributed by atoms with E-state index in [4.69, 9.17) is 0 Å². The van der Waals surface area contributed by atoms with Crippen LogP contribution in [0.3, 0.4) is 0 Å². The van der Waals surface area contributed by atoms with Gasteiger partial charge in [-0.2, -0.15) is 4.68 Å². The van der Waals surface area contributed by atoms with E-state index in [0.717, 1.165) is 19.6 Å². The fourth-order valence-corrected chi connectivity index (χ4v) is 2.37. The van der Waals surface area contributed by atoms with E-state index in [1.807, 2.05) is 0 Å². The number of carbonyl (C=O) groups is 2. The van der Waals surface area contributed by atoms with Gasteiger partial charge in [-0.15, -0.1) is 5.10 Å². The highest BCUT2D eigenvalue weighted by Crippen LogP contribution is 2.09. The van der Waals surface area contributed by atoms with Crippen molar-refractivity contribution in [3.8, 4) is 0 Å². The van der Waals surface area contributed by atoms with Gasteiger partial charge in [0.25, 0.3) is 0 Å². The van der Waals surface area contributed by atoms with E-state index in [1.54, 1.807) is 17.2 Å². The van der Waals surface area contributed by atoms with Crippen LogP contribution in [-0.2, 0) is 4.79 Å². The molecule has 7 nitrogen and oxygen atoms in total. The molecule has 0 unspecified atom stereocenters. The maximum atomic E-state index is 12.3. The van der Waals surface area contributed by atoms with E-state index in [9.17, 15) is 9.59 Å². The predicted molar refractivity (Wildman–Crippen MR) is 79.9 cm³/mol. The Hall–Kier alpha value is -1.89. The Labute approximate surface area is 124 Å². The van der Waals surface area contributed by atoms with Gasteiger partial charge >= 0.3 is 6.03 Å². The Morgan fingerprint density at radius 1 is 1.19 bits per heavy atom. The number of hydrogen-bond acceptors (Lipinski definition) is 4. The van der Waals surface area contributed by atoms with Crippen molar-refractivity contribution in [2.45, 2.75) is 20.8 Å². The van der Waals surface area contributed by atoms with Crippen LogP contribution >= 0.6 is 0 Å². The standard InChI is InChI=1S/C14H22N5O2/c1-11(2)10-17-6-8-18(9-7-17)14(21)19-5-4-13(16-19)15-12(3)20/h4-5H,6-10H2,1-3H3,(H,15,16,20). The van der Waals surface area contributed by atoms with Gasteiger partial charge in [0.15, 0.2) is 5.82 Å². The summed E-state index contributed by atoms with van der Waals surface area (Å²) in [7, 11) is 0. The molecule has 1 aliphatic heterocycles. The van der Waals surface area contributed by atoms with Crippen molar-refractivity contribution in [1.29, 1.82) is 0 Å². The van der Waals surface area contributed by atoms with Gasteiger partial charge in [0.05, 0.1) is 0 Å². The Morgan fingerprint density at radius 2 is 1.86 bits per heavy atom. The summed E-state index contributed by atoms with van der Waals surface area (Å²) >= 11 is 0. The molecule has 0 aromatic carbocycles. The average molecular weight is 292 g/mol. The van der Waals surface area contributed by atoms with Crippen LogP contribution in [0.1, 0.15) is 20.8 Å². The lowest BCUT2D eigenvalue weighted by Crippen LogP contribution is -2.50. The monoisotopic (exact) mass is 292 g/mol. The lowest BCUT2D eigenvalue weighted by atomic mass is 10.2. The minimum atomic E-state index is -0.201. The molecule has 1 saturated heterocycles. The minimum Gasteiger partial charge on any atom is -0.320 e. The number of nitrogens with zero attached hydrogens (tertiary/aromatic N) is 4. The first-order chi connectivity index (χ1) is 9.95. The molecule has 0 bridgehead atoms. The molecule has 1 fully saturated rings. The molecule has 7 heteroatoms. The molecule has 1 aromatic heterocycles.